The number of carbonyl (C=O) groups is 1. The molecule has 0 radical (unpaired) electrons. The lowest BCUT2D eigenvalue weighted by Crippen LogP contribution is -2.37. The number of rotatable bonds is 7. The van der Waals surface area contributed by atoms with E-state index >= 15 is 0 Å². The molecule has 3 aromatic carbocycles. The molecule has 0 fully saturated rings. The minimum atomic E-state index is -4.07. The van der Waals surface area contributed by atoms with E-state index in [9.17, 15) is 17.6 Å². The van der Waals surface area contributed by atoms with Gasteiger partial charge in [-0.2, -0.15) is 9.57 Å². The lowest BCUT2D eigenvalue weighted by atomic mass is 10.1. The molecule has 0 spiro atoms. The summed E-state index contributed by atoms with van der Waals surface area (Å²) in [6.45, 7) is 0.871. The first kappa shape index (κ1) is 25.4. The fourth-order valence-electron chi connectivity index (χ4n) is 4.64. The molecular formula is C29H25FN4O3S. The highest BCUT2D eigenvalue weighted by molar-refractivity contribution is 7.89. The van der Waals surface area contributed by atoms with Crippen LogP contribution in [0.5, 0.6) is 0 Å². The van der Waals surface area contributed by atoms with Gasteiger partial charge < -0.3 is 9.88 Å². The Kier molecular flexibility index (Phi) is 7.09. The fraction of sp³-hybridized carbons (Fsp3) is 0.172. The van der Waals surface area contributed by atoms with E-state index in [-0.39, 0.29) is 30.4 Å². The number of amides is 1. The van der Waals surface area contributed by atoms with Crippen LogP contribution in [0.25, 0.3) is 0 Å². The monoisotopic (exact) mass is 528 g/mol. The zero-order chi connectivity index (χ0) is 26.7. The third-order valence-electron chi connectivity index (χ3n) is 6.66. The van der Waals surface area contributed by atoms with Crippen molar-refractivity contribution in [2.45, 2.75) is 31.0 Å². The van der Waals surface area contributed by atoms with E-state index in [1.54, 1.807) is 24.3 Å². The Morgan fingerprint density at radius 2 is 1.68 bits per heavy atom. The molecule has 0 atom stereocenters. The van der Waals surface area contributed by atoms with E-state index in [2.05, 4.69) is 11.4 Å². The van der Waals surface area contributed by atoms with E-state index in [1.807, 2.05) is 41.0 Å². The van der Waals surface area contributed by atoms with Gasteiger partial charge in [0.2, 0.25) is 10.0 Å². The van der Waals surface area contributed by atoms with Crippen molar-refractivity contribution >= 4 is 15.9 Å². The number of nitrogens with one attached hydrogen (secondary N) is 1. The molecule has 0 unspecified atom stereocenters. The van der Waals surface area contributed by atoms with Gasteiger partial charge >= 0.3 is 0 Å². The van der Waals surface area contributed by atoms with Gasteiger partial charge in [0.15, 0.2) is 0 Å². The Morgan fingerprint density at radius 1 is 0.974 bits per heavy atom. The molecule has 1 aliphatic rings. The van der Waals surface area contributed by atoms with Crippen molar-refractivity contribution in [3.63, 3.8) is 0 Å². The van der Waals surface area contributed by atoms with Crippen LogP contribution in [0.15, 0.2) is 89.8 Å². The summed E-state index contributed by atoms with van der Waals surface area (Å²) in [5.41, 5.74) is 4.39. The Bertz CT molecular complexity index is 1620. The lowest BCUT2D eigenvalue weighted by Gasteiger charge is -2.28. The quantitative estimate of drug-likeness (QED) is 0.389. The Morgan fingerprint density at radius 3 is 2.39 bits per heavy atom. The standard InChI is InChI=1S/C29H25FN4O3S/c30-25-8-4-5-9-28(25)38(36,37)33-15-14-24-16-26(29(35)32-18-22-12-10-21(17-31)11-13-22)34(27(24)20-33)19-23-6-2-1-3-7-23/h1-13,16H,14-15,18-20H2,(H,32,35). The number of nitrogens with zero attached hydrogens (tertiary/aromatic N) is 3. The zero-order valence-electron chi connectivity index (χ0n) is 20.5. The summed E-state index contributed by atoms with van der Waals surface area (Å²) in [6.07, 6.45) is 0.403. The molecule has 1 N–H and O–H groups in total. The molecule has 7 nitrogen and oxygen atoms in total. The van der Waals surface area contributed by atoms with Crippen LogP contribution in [-0.2, 0) is 36.1 Å². The molecule has 5 rings (SSSR count). The highest BCUT2D eigenvalue weighted by atomic mass is 32.2. The number of fused-ring (bicyclic) bond motifs is 1. The number of benzene rings is 3. The lowest BCUT2D eigenvalue weighted by molar-refractivity contribution is 0.0941. The first-order chi connectivity index (χ1) is 18.4. The first-order valence-corrected chi connectivity index (χ1v) is 13.6. The first-order valence-electron chi connectivity index (χ1n) is 12.1. The average molecular weight is 529 g/mol. The van der Waals surface area contributed by atoms with Crippen molar-refractivity contribution in [1.82, 2.24) is 14.2 Å². The number of hydrogen-bond acceptors (Lipinski definition) is 4. The van der Waals surface area contributed by atoms with Gasteiger partial charge in [0.1, 0.15) is 16.4 Å². The molecule has 192 valence electrons. The van der Waals surface area contributed by atoms with Gasteiger partial charge in [-0.15, -0.1) is 0 Å². The highest BCUT2D eigenvalue weighted by Gasteiger charge is 2.33. The summed E-state index contributed by atoms with van der Waals surface area (Å²) in [5, 5.41) is 11.9. The average Bonchev–Trinajstić information content (AvgIpc) is 3.30. The van der Waals surface area contributed by atoms with Gasteiger partial charge in [-0.25, -0.2) is 12.8 Å². The maximum Gasteiger partial charge on any atom is 0.268 e. The smallest absolute Gasteiger partial charge is 0.268 e. The largest absolute Gasteiger partial charge is 0.347 e. The summed E-state index contributed by atoms with van der Waals surface area (Å²) in [5.74, 6) is -1.08. The maximum absolute atomic E-state index is 14.4. The Balaban J connectivity index is 1.46. The minimum absolute atomic E-state index is 0.0295. The summed E-state index contributed by atoms with van der Waals surface area (Å²) in [7, 11) is -4.07. The van der Waals surface area contributed by atoms with Crippen LogP contribution in [0.2, 0.25) is 0 Å². The van der Waals surface area contributed by atoms with Crippen molar-refractivity contribution in [1.29, 1.82) is 5.26 Å². The number of aromatic nitrogens is 1. The number of sulfonamides is 1. The molecule has 0 bridgehead atoms. The van der Waals surface area contributed by atoms with Crippen LogP contribution in [0.3, 0.4) is 0 Å². The molecule has 0 saturated carbocycles. The summed E-state index contributed by atoms with van der Waals surface area (Å²) in [6, 6.07) is 25.8. The van der Waals surface area contributed by atoms with Gasteiger partial charge in [-0.3, -0.25) is 4.79 Å². The summed E-state index contributed by atoms with van der Waals surface area (Å²) >= 11 is 0. The Labute approximate surface area is 220 Å². The molecule has 1 amide bonds. The molecule has 2 heterocycles. The van der Waals surface area contributed by atoms with E-state index in [4.69, 9.17) is 5.26 Å². The zero-order valence-corrected chi connectivity index (χ0v) is 21.3. The van der Waals surface area contributed by atoms with Crippen molar-refractivity contribution in [3.8, 4) is 6.07 Å². The van der Waals surface area contributed by atoms with Crippen LogP contribution in [0.1, 0.15) is 38.4 Å². The second-order valence-electron chi connectivity index (χ2n) is 9.08. The molecule has 38 heavy (non-hydrogen) atoms. The second-order valence-corrected chi connectivity index (χ2v) is 11.0. The minimum Gasteiger partial charge on any atom is -0.347 e. The molecule has 1 aromatic heterocycles. The normalized spacial score (nSPS) is 13.5. The summed E-state index contributed by atoms with van der Waals surface area (Å²) in [4.78, 5) is 13.0. The van der Waals surface area contributed by atoms with E-state index in [0.717, 1.165) is 22.8 Å². The van der Waals surface area contributed by atoms with E-state index in [1.165, 1.54) is 22.5 Å². The highest BCUT2D eigenvalue weighted by Crippen LogP contribution is 2.29. The molecular weight excluding hydrogens is 503 g/mol. The van der Waals surface area contributed by atoms with Gasteiger partial charge in [-0.1, -0.05) is 54.6 Å². The topological polar surface area (TPSA) is 95.2 Å². The molecule has 9 heteroatoms. The number of halogens is 1. The van der Waals surface area contributed by atoms with Gasteiger partial charge in [0.25, 0.3) is 5.91 Å². The maximum atomic E-state index is 14.4. The molecule has 0 aliphatic carbocycles. The SMILES string of the molecule is N#Cc1ccc(CNC(=O)c2cc3c(n2Cc2ccccc2)CN(S(=O)(=O)c2ccccc2F)CC3)cc1. The van der Waals surface area contributed by atoms with Crippen molar-refractivity contribution in [2.75, 3.05) is 6.54 Å². The van der Waals surface area contributed by atoms with E-state index < -0.39 is 15.8 Å². The fourth-order valence-corrected chi connectivity index (χ4v) is 6.11. The van der Waals surface area contributed by atoms with Crippen LogP contribution in [0, 0.1) is 17.1 Å². The van der Waals surface area contributed by atoms with Gasteiger partial charge in [0.05, 0.1) is 18.2 Å². The number of nitriles is 1. The molecule has 1 aliphatic heterocycles. The van der Waals surface area contributed by atoms with Gasteiger partial charge in [0, 0.05) is 25.3 Å². The van der Waals surface area contributed by atoms with Crippen molar-refractivity contribution in [2.24, 2.45) is 0 Å². The predicted molar refractivity (Wildman–Crippen MR) is 140 cm³/mol. The number of hydrogen-bond donors (Lipinski definition) is 1. The molecule has 0 saturated heterocycles. The Hall–Kier alpha value is -4.26. The third-order valence-corrected chi connectivity index (χ3v) is 8.54. The van der Waals surface area contributed by atoms with Crippen LogP contribution < -0.4 is 5.32 Å². The predicted octanol–water partition coefficient (Wildman–Crippen LogP) is 4.22. The number of carbonyl (C=O) groups excluding carboxylic acids is 1. The van der Waals surface area contributed by atoms with E-state index in [0.29, 0.717) is 29.9 Å². The van der Waals surface area contributed by atoms with Crippen molar-refractivity contribution in [3.05, 3.63) is 124 Å². The second kappa shape index (κ2) is 10.6. The van der Waals surface area contributed by atoms with Gasteiger partial charge in [-0.05, 0) is 53.4 Å². The van der Waals surface area contributed by atoms with Crippen molar-refractivity contribution < 1.29 is 17.6 Å². The van der Waals surface area contributed by atoms with Crippen LogP contribution in [-0.4, -0.2) is 29.7 Å². The van der Waals surface area contributed by atoms with Crippen LogP contribution >= 0.6 is 0 Å². The molecule has 4 aromatic rings. The third kappa shape index (κ3) is 5.09. The van der Waals surface area contributed by atoms with Crippen LogP contribution in [0.4, 0.5) is 4.39 Å². The summed E-state index contributed by atoms with van der Waals surface area (Å²) < 4.78 is 44.1.